The second-order valence-corrected chi connectivity index (χ2v) is 4.93. The molecule has 1 atom stereocenters. The average molecular weight is 224 g/mol. The molecule has 1 aromatic heterocycles. The summed E-state index contributed by atoms with van der Waals surface area (Å²) >= 11 is 0. The van der Waals surface area contributed by atoms with Gasteiger partial charge in [0.2, 0.25) is 0 Å². The van der Waals surface area contributed by atoms with E-state index in [4.69, 9.17) is 4.74 Å². The smallest absolute Gasteiger partial charge is 0.102 e. The topological polar surface area (TPSA) is 52.0 Å². The highest BCUT2D eigenvalue weighted by molar-refractivity contribution is 5.06. The fourth-order valence-electron chi connectivity index (χ4n) is 1.79. The molecule has 0 saturated carbocycles. The molecule has 2 rings (SSSR count). The van der Waals surface area contributed by atoms with Crippen molar-refractivity contribution in [3.05, 3.63) is 11.9 Å². The first-order chi connectivity index (χ1) is 7.62. The van der Waals surface area contributed by atoms with E-state index < -0.39 is 0 Å². The van der Waals surface area contributed by atoms with Crippen LogP contribution in [0.25, 0.3) is 0 Å². The van der Waals surface area contributed by atoms with E-state index in [2.05, 4.69) is 29.5 Å². The van der Waals surface area contributed by atoms with Crippen molar-refractivity contribution in [1.29, 1.82) is 0 Å². The number of aromatic nitrogens is 3. The third kappa shape index (κ3) is 2.41. The number of ether oxygens (including phenoxy) is 1. The Bertz CT molecular complexity index is 342. The normalized spacial score (nSPS) is 21.6. The van der Waals surface area contributed by atoms with Crippen LogP contribution in [0.5, 0.6) is 0 Å². The SMILES string of the molecule is CNC(C)(C)c1cn(CC2CCOC2)nn1. The molecular weight excluding hydrogens is 204 g/mol. The molecule has 16 heavy (non-hydrogen) atoms. The van der Waals surface area contributed by atoms with E-state index in [0.29, 0.717) is 5.92 Å². The van der Waals surface area contributed by atoms with Crippen molar-refractivity contribution in [2.75, 3.05) is 20.3 Å². The molecular formula is C11H20N4O. The van der Waals surface area contributed by atoms with Crippen LogP contribution in [0.4, 0.5) is 0 Å². The molecule has 1 aromatic rings. The minimum Gasteiger partial charge on any atom is -0.381 e. The number of nitrogens with zero attached hydrogens (tertiary/aromatic N) is 3. The summed E-state index contributed by atoms with van der Waals surface area (Å²) in [7, 11) is 1.93. The highest BCUT2D eigenvalue weighted by atomic mass is 16.5. The van der Waals surface area contributed by atoms with E-state index in [0.717, 1.165) is 31.9 Å². The molecule has 5 heteroatoms. The van der Waals surface area contributed by atoms with E-state index in [1.807, 2.05) is 17.9 Å². The largest absolute Gasteiger partial charge is 0.381 e. The van der Waals surface area contributed by atoms with Crippen molar-refractivity contribution in [2.24, 2.45) is 5.92 Å². The van der Waals surface area contributed by atoms with Crippen LogP contribution >= 0.6 is 0 Å². The molecule has 0 spiro atoms. The van der Waals surface area contributed by atoms with Gasteiger partial charge in [0, 0.05) is 19.1 Å². The third-order valence-corrected chi connectivity index (χ3v) is 3.27. The lowest BCUT2D eigenvalue weighted by Crippen LogP contribution is -2.33. The Morgan fingerprint density at radius 1 is 1.62 bits per heavy atom. The van der Waals surface area contributed by atoms with Crippen molar-refractivity contribution >= 4 is 0 Å². The summed E-state index contributed by atoms with van der Waals surface area (Å²) in [6.07, 6.45) is 3.15. The number of nitrogens with one attached hydrogen (secondary N) is 1. The molecule has 0 aromatic carbocycles. The van der Waals surface area contributed by atoms with Gasteiger partial charge in [0.1, 0.15) is 5.69 Å². The van der Waals surface area contributed by atoms with Gasteiger partial charge in [-0.3, -0.25) is 4.68 Å². The molecule has 2 heterocycles. The summed E-state index contributed by atoms with van der Waals surface area (Å²) < 4.78 is 7.28. The van der Waals surface area contributed by atoms with Gasteiger partial charge in [0.05, 0.1) is 18.3 Å². The zero-order valence-electron chi connectivity index (χ0n) is 10.2. The van der Waals surface area contributed by atoms with Gasteiger partial charge in [-0.15, -0.1) is 5.10 Å². The van der Waals surface area contributed by atoms with Crippen molar-refractivity contribution in [1.82, 2.24) is 20.3 Å². The summed E-state index contributed by atoms with van der Waals surface area (Å²) in [5.41, 5.74) is 0.860. The predicted molar refractivity (Wildman–Crippen MR) is 61.0 cm³/mol. The van der Waals surface area contributed by atoms with Crippen LogP contribution in [-0.2, 0) is 16.8 Å². The molecule has 1 unspecified atom stereocenters. The molecule has 0 aliphatic carbocycles. The van der Waals surface area contributed by atoms with E-state index >= 15 is 0 Å². The van der Waals surface area contributed by atoms with Gasteiger partial charge in [-0.1, -0.05) is 5.21 Å². The Morgan fingerprint density at radius 2 is 2.44 bits per heavy atom. The van der Waals surface area contributed by atoms with Crippen molar-refractivity contribution in [2.45, 2.75) is 32.4 Å². The highest BCUT2D eigenvalue weighted by Crippen LogP contribution is 2.18. The monoisotopic (exact) mass is 224 g/mol. The fourth-order valence-corrected chi connectivity index (χ4v) is 1.79. The van der Waals surface area contributed by atoms with E-state index in [9.17, 15) is 0 Å². The Morgan fingerprint density at radius 3 is 3.06 bits per heavy atom. The molecule has 1 saturated heterocycles. The summed E-state index contributed by atoms with van der Waals surface area (Å²) in [6, 6.07) is 0. The van der Waals surface area contributed by atoms with Gasteiger partial charge in [-0.2, -0.15) is 0 Å². The van der Waals surface area contributed by atoms with Crippen LogP contribution in [0, 0.1) is 5.92 Å². The van der Waals surface area contributed by atoms with E-state index in [1.165, 1.54) is 0 Å². The van der Waals surface area contributed by atoms with Gasteiger partial charge in [-0.05, 0) is 27.3 Å². The average Bonchev–Trinajstić information content (AvgIpc) is 2.89. The zero-order valence-corrected chi connectivity index (χ0v) is 10.2. The Balaban J connectivity index is 2.01. The Hall–Kier alpha value is -0.940. The van der Waals surface area contributed by atoms with Crippen LogP contribution in [0.15, 0.2) is 6.20 Å². The predicted octanol–water partition coefficient (Wildman–Crippen LogP) is 0.769. The molecule has 1 N–H and O–H groups in total. The standard InChI is InChI=1S/C11H20N4O/c1-11(2,12-3)10-7-15(14-13-10)6-9-4-5-16-8-9/h7,9,12H,4-6,8H2,1-3H3. The first-order valence-electron chi connectivity index (χ1n) is 5.79. The summed E-state index contributed by atoms with van der Waals surface area (Å²) in [5.74, 6) is 0.590. The lowest BCUT2D eigenvalue weighted by Gasteiger charge is -2.20. The maximum atomic E-state index is 5.35. The first-order valence-corrected chi connectivity index (χ1v) is 5.79. The van der Waals surface area contributed by atoms with Gasteiger partial charge < -0.3 is 10.1 Å². The molecule has 1 aliphatic rings. The molecule has 0 radical (unpaired) electrons. The summed E-state index contributed by atoms with van der Waals surface area (Å²) in [5, 5.41) is 11.6. The van der Waals surface area contributed by atoms with Crippen molar-refractivity contribution in [3.63, 3.8) is 0 Å². The summed E-state index contributed by atoms with van der Waals surface area (Å²) in [4.78, 5) is 0. The lowest BCUT2D eigenvalue weighted by atomic mass is 10.0. The van der Waals surface area contributed by atoms with Crippen molar-refractivity contribution in [3.8, 4) is 0 Å². The van der Waals surface area contributed by atoms with Gasteiger partial charge in [-0.25, -0.2) is 0 Å². The summed E-state index contributed by atoms with van der Waals surface area (Å²) in [6.45, 7) is 6.84. The van der Waals surface area contributed by atoms with Crippen LogP contribution in [0.3, 0.4) is 0 Å². The minimum absolute atomic E-state index is 0.121. The van der Waals surface area contributed by atoms with E-state index in [-0.39, 0.29) is 5.54 Å². The van der Waals surface area contributed by atoms with Crippen LogP contribution in [0.1, 0.15) is 26.0 Å². The van der Waals surface area contributed by atoms with Crippen LogP contribution < -0.4 is 5.32 Å². The molecule has 0 amide bonds. The van der Waals surface area contributed by atoms with E-state index in [1.54, 1.807) is 0 Å². The second kappa shape index (κ2) is 4.51. The maximum Gasteiger partial charge on any atom is 0.102 e. The molecule has 5 nitrogen and oxygen atoms in total. The molecule has 1 aliphatic heterocycles. The Kier molecular flexibility index (Phi) is 3.25. The van der Waals surface area contributed by atoms with Crippen molar-refractivity contribution < 1.29 is 4.74 Å². The lowest BCUT2D eigenvalue weighted by molar-refractivity contribution is 0.181. The molecule has 0 bridgehead atoms. The quantitative estimate of drug-likeness (QED) is 0.820. The molecule has 1 fully saturated rings. The fraction of sp³-hybridized carbons (Fsp3) is 0.818. The van der Waals surface area contributed by atoms with Gasteiger partial charge in [0.15, 0.2) is 0 Å². The zero-order chi connectivity index (χ0) is 11.6. The highest BCUT2D eigenvalue weighted by Gasteiger charge is 2.23. The van der Waals surface area contributed by atoms with Crippen LogP contribution in [-0.4, -0.2) is 35.3 Å². The number of hydrogen-bond acceptors (Lipinski definition) is 4. The minimum atomic E-state index is -0.121. The third-order valence-electron chi connectivity index (χ3n) is 3.27. The maximum absolute atomic E-state index is 5.35. The number of rotatable bonds is 4. The number of hydrogen-bond donors (Lipinski definition) is 1. The van der Waals surface area contributed by atoms with Gasteiger partial charge in [0.25, 0.3) is 0 Å². The second-order valence-electron chi connectivity index (χ2n) is 4.93. The molecule has 90 valence electrons. The van der Waals surface area contributed by atoms with Gasteiger partial charge >= 0.3 is 0 Å². The van der Waals surface area contributed by atoms with Crippen LogP contribution in [0.2, 0.25) is 0 Å². The first kappa shape index (κ1) is 11.5. The Labute approximate surface area is 96.2 Å².